The first-order chi connectivity index (χ1) is 7.74. The van der Waals surface area contributed by atoms with Crippen molar-refractivity contribution in [3.8, 4) is 10.6 Å². The lowest BCUT2D eigenvalue weighted by atomic mass is 10.3. The predicted octanol–water partition coefficient (Wildman–Crippen LogP) is 3.23. The Morgan fingerprint density at radius 3 is 2.88 bits per heavy atom. The Morgan fingerprint density at radius 2 is 2.31 bits per heavy atom. The summed E-state index contributed by atoms with van der Waals surface area (Å²) in [5.41, 5.74) is 1.36. The third-order valence-corrected chi connectivity index (χ3v) is 3.58. The second-order valence-electron chi connectivity index (χ2n) is 3.19. The number of aromatic nitrogens is 2. The molecule has 2 rings (SSSR count). The van der Waals surface area contributed by atoms with Crippen molar-refractivity contribution in [3.05, 3.63) is 34.1 Å². The summed E-state index contributed by atoms with van der Waals surface area (Å²) < 4.78 is 0. The molecule has 0 aliphatic carbocycles. The van der Waals surface area contributed by atoms with Gasteiger partial charge in [-0.05, 0) is 12.5 Å². The number of halogens is 1. The Hall–Kier alpha value is -1.26. The summed E-state index contributed by atoms with van der Waals surface area (Å²) in [6.45, 7) is 2.00. The first-order valence-corrected chi connectivity index (χ1v) is 6.00. The molecule has 16 heavy (non-hydrogen) atoms. The largest absolute Gasteiger partial charge is 0.296 e. The number of hydrogen-bond acceptors (Lipinski definition) is 4. The van der Waals surface area contributed by atoms with E-state index in [-0.39, 0.29) is 0 Å². The van der Waals surface area contributed by atoms with E-state index in [0.717, 1.165) is 28.2 Å². The van der Waals surface area contributed by atoms with Crippen LogP contribution in [0.2, 0.25) is 5.02 Å². The third-order valence-electron chi connectivity index (χ3n) is 2.11. The van der Waals surface area contributed by atoms with Crippen molar-refractivity contribution in [3.63, 3.8) is 0 Å². The maximum atomic E-state index is 10.8. The number of rotatable bonds is 3. The molecule has 0 unspecified atom stereocenters. The van der Waals surface area contributed by atoms with Gasteiger partial charge in [-0.2, -0.15) is 0 Å². The molecule has 0 aromatic carbocycles. The monoisotopic (exact) mass is 252 g/mol. The van der Waals surface area contributed by atoms with Crippen LogP contribution in [-0.4, -0.2) is 16.3 Å². The molecule has 0 saturated carbocycles. The molecular weight excluding hydrogens is 244 g/mol. The molecule has 0 aliphatic heterocycles. The molecule has 0 aliphatic rings. The number of aryl methyl sites for hydroxylation is 1. The molecule has 2 aromatic heterocycles. The van der Waals surface area contributed by atoms with E-state index in [0.29, 0.717) is 10.7 Å². The maximum Gasteiger partial charge on any atom is 0.169 e. The zero-order chi connectivity index (χ0) is 11.5. The molecule has 5 heteroatoms. The average molecular weight is 253 g/mol. The summed E-state index contributed by atoms with van der Waals surface area (Å²) in [7, 11) is 0. The van der Waals surface area contributed by atoms with E-state index in [1.807, 2.05) is 6.92 Å². The lowest BCUT2D eigenvalue weighted by molar-refractivity contribution is 0.111. The van der Waals surface area contributed by atoms with Gasteiger partial charge in [-0.1, -0.05) is 18.5 Å². The van der Waals surface area contributed by atoms with Gasteiger partial charge in [-0.3, -0.25) is 9.78 Å². The lowest BCUT2D eigenvalue weighted by Crippen LogP contribution is -1.85. The molecule has 82 valence electrons. The minimum atomic E-state index is 0.516. The highest BCUT2D eigenvalue weighted by Gasteiger charge is 2.10. The van der Waals surface area contributed by atoms with E-state index in [4.69, 9.17) is 11.6 Å². The maximum absolute atomic E-state index is 10.8. The normalized spacial score (nSPS) is 10.4. The van der Waals surface area contributed by atoms with Crippen LogP contribution in [-0.2, 0) is 6.42 Å². The number of hydrogen-bond donors (Lipinski definition) is 0. The highest BCUT2D eigenvalue weighted by Crippen LogP contribution is 2.28. The van der Waals surface area contributed by atoms with Crippen LogP contribution in [0.15, 0.2) is 18.5 Å². The van der Waals surface area contributed by atoms with Crippen molar-refractivity contribution >= 4 is 29.2 Å². The van der Waals surface area contributed by atoms with E-state index >= 15 is 0 Å². The van der Waals surface area contributed by atoms with Crippen molar-refractivity contribution < 1.29 is 4.79 Å². The number of aldehydes is 1. The molecule has 0 amide bonds. The van der Waals surface area contributed by atoms with Crippen molar-refractivity contribution in [2.45, 2.75) is 13.3 Å². The van der Waals surface area contributed by atoms with E-state index in [2.05, 4.69) is 9.97 Å². The molecule has 0 fully saturated rings. The van der Waals surface area contributed by atoms with Crippen LogP contribution >= 0.6 is 22.9 Å². The van der Waals surface area contributed by atoms with Gasteiger partial charge in [0.25, 0.3) is 0 Å². The number of carbonyl (C=O) groups excluding carboxylic acids is 1. The van der Waals surface area contributed by atoms with Crippen molar-refractivity contribution in [1.29, 1.82) is 0 Å². The number of nitrogens with zero attached hydrogens (tertiary/aromatic N) is 2. The molecule has 0 N–H and O–H groups in total. The Balaban J connectivity index is 2.48. The third kappa shape index (κ3) is 2.13. The first kappa shape index (κ1) is 11.2. The number of thiazole rings is 1. The molecule has 0 bridgehead atoms. The molecule has 0 atom stereocenters. The lowest BCUT2D eigenvalue weighted by Gasteiger charge is -1.94. The van der Waals surface area contributed by atoms with Crippen LogP contribution in [0.1, 0.15) is 22.3 Å². The molecule has 2 heterocycles. The summed E-state index contributed by atoms with van der Waals surface area (Å²) in [6, 6.07) is 1.79. The van der Waals surface area contributed by atoms with Gasteiger partial charge in [-0.15, -0.1) is 11.3 Å². The Kier molecular flexibility index (Phi) is 3.31. The predicted molar refractivity (Wildman–Crippen MR) is 65.1 cm³/mol. The molecule has 2 aromatic rings. The fourth-order valence-electron chi connectivity index (χ4n) is 1.36. The quantitative estimate of drug-likeness (QED) is 0.788. The standard InChI is InChI=1S/C11H9ClN2OS/c1-2-10-9(6-15)14-11(16-10)7-3-8(12)5-13-4-7/h3-6H,2H2,1H3. The van der Waals surface area contributed by atoms with Gasteiger partial charge >= 0.3 is 0 Å². The minimum Gasteiger partial charge on any atom is -0.296 e. The fraction of sp³-hybridized carbons (Fsp3) is 0.182. The summed E-state index contributed by atoms with van der Waals surface area (Å²) in [5, 5.41) is 1.35. The molecule has 3 nitrogen and oxygen atoms in total. The van der Waals surface area contributed by atoms with Gasteiger partial charge in [0.1, 0.15) is 10.7 Å². The van der Waals surface area contributed by atoms with Crippen molar-refractivity contribution in [1.82, 2.24) is 9.97 Å². The van der Waals surface area contributed by atoms with Crippen LogP contribution in [0.4, 0.5) is 0 Å². The van der Waals surface area contributed by atoms with Gasteiger partial charge < -0.3 is 0 Å². The fourth-order valence-corrected chi connectivity index (χ4v) is 2.48. The molecule has 0 saturated heterocycles. The van der Waals surface area contributed by atoms with E-state index in [9.17, 15) is 4.79 Å². The number of carbonyl (C=O) groups is 1. The van der Waals surface area contributed by atoms with E-state index in [1.54, 1.807) is 18.5 Å². The summed E-state index contributed by atoms with van der Waals surface area (Å²) in [5.74, 6) is 0. The van der Waals surface area contributed by atoms with Crippen LogP contribution in [0.25, 0.3) is 10.6 Å². The minimum absolute atomic E-state index is 0.516. The Labute approximate surface area is 102 Å². The Morgan fingerprint density at radius 1 is 1.50 bits per heavy atom. The van der Waals surface area contributed by atoms with Gasteiger partial charge in [0, 0.05) is 22.8 Å². The van der Waals surface area contributed by atoms with E-state index < -0.39 is 0 Å². The van der Waals surface area contributed by atoms with Crippen molar-refractivity contribution in [2.75, 3.05) is 0 Å². The second-order valence-corrected chi connectivity index (χ2v) is 4.71. The zero-order valence-electron chi connectivity index (χ0n) is 8.61. The van der Waals surface area contributed by atoms with Crippen LogP contribution in [0.5, 0.6) is 0 Å². The second kappa shape index (κ2) is 4.72. The highest BCUT2D eigenvalue weighted by molar-refractivity contribution is 7.15. The van der Waals surface area contributed by atoms with Crippen LogP contribution in [0, 0.1) is 0 Å². The van der Waals surface area contributed by atoms with Gasteiger partial charge in [0.05, 0.1) is 5.02 Å². The van der Waals surface area contributed by atoms with Gasteiger partial charge in [0.2, 0.25) is 0 Å². The first-order valence-electron chi connectivity index (χ1n) is 4.80. The van der Waals surface area contributed by atoms with Gasteiger partial charge in [-0.25, -0.2) is 4.98 Å². The molecule has 0 spiro atoms. The van der Waals surface area contributed by atoms with Crippen LogP contribution in [0.3, 0.4) is 0 Å². The van der Waals surface area contributed by atoms with Crippen molar-refractivity contribution in [2.24, 2.45) is 0 Å². The number of pyridine rings is 1. The topological polar surface area (TPSA) is 42.9 Å². The van der Waals surface area contributed by atoms with Crippen LogP contribution < -0.4 is 0 Å². The summed E-state index contributed by atoms with van der Waals surface area (Å²) >= 11 is 7.36. The van der Waals surface area contributed by atoms with Gasteiger partial charge in [0.15, 0.2) is 6.29 Å². The summed E-state index contributed by atoms with van der Waals surface area (Å²) in [6.07, 6.45) is 4.86. The molecular formula is C11H9ClN2OS. The zero-order valence-corrected chi connectivity index (χ0v) is 10.2. The average Bonchev–Trinajstić information content (AvgIpc) is 2.72. The summed E-state index contributed by atoms with van der Waals surface area (Å²) in [4.78, 5) is 20.1. The Bertz CT molecular complexity index is 524. The highest BCUT2D eigenvalue weighted by atomic mass is 35.5. The SMILES string of the molecule is CCc1sc(-c2cncc(Cl)c2)nc1C=O. The van der Waals surface area contributed by atoms with E-state index in [1.165, 1.54) is 11.3 Å². The molecule has 0 radical (unpaired) electrons. The smallest absolute Gasteiger partial charge is 0.169 e.